The van der Waals surface area contributed by atoms with Crippen molar-refractivity contribution in [3.05, 3.63) is 29.8 Å². The van der Waals surface area contributed by atoms with E-state index in [1.807, 2.05) is 0 Å². The quantitative estimate of drug-likeness (QED) is 0.754. The van der Waals surface area contributed by atoms with Crippen LogP contribution in [0.3, 0.4) is 0 Å². The highest BCUT2D eigenvalue weighted by atomic mass is 32.2. The predicted octanol–water partition coefficient (Wildman–Crippen LogP) is 4.82. The van der Waals surface area contributed by atoms with Crippen molar-refractivity contribution in [2.75, 3.05) is 6.54 Å². The molecule has 0 saturated carbocycles. The van der Waals surface area contributed by atoms with Gasteiger partial charge in [0.05, 0.1) is 0 Å². The summed E-state index contributed by atoms with van der Waals surface area (Å²) in [5.41, 5.74) is -2.98. The predicted molar refractivity (Wildman–Crippen MR) is 74.1 cm³/mol. The molecule has 0 spiro atoms. The molecule has 0 amide bonds. The number of benzene rings is 1. The molecule has 0 unspecified atom stereocenters. The molecule has 0 bridgehead atoms. The standard InChI is InChI=1S/C14H20F3NS/c1-4-13(2,3)10-18-9-11-5-7-12(8-6-11)19-14(15,16)17/h5-8,18H,4,9-10H2,1-3H3. The van der Waals surface area contributed by atoms with Gasteiger partial charge >= 0.3 is 5.51 Å². The summed E-state index contributed by atoms with van der Waals surface area (Å²) in [5.74, 6) is 0. The van der Waals surface area contributed by atoms with Gasteiger partial charge in [0, 0.05) is 18.0 Å². The molecule has 0 aliphatic rings. The summed E-state index contributed by atoms with van der Waals surface area (Å²) >= 11 is -0.0792. The summed E-state index contributed by atoms with van der Waals surface area (Å²) in [4.78, 5) is 0.227. The molecule has 0 radical (unpaired) electrons. The van der Waals surface area contributed by atoms with Crippen LogP contribution in [0.5, 0.6) is 0 Å². The van der Waals surface area contributed by atoms with E-state index in [4.69, 9.17) is 0 Å². The maximum atomic E-state index is 12.2. The molecule has 0 atom stereocenters. The maximum absolute atomic E-state index is 12.2. The number of halogens is 3. The summed E-state index contributed by atoms with van der Waals surface area (Å²) < 4.78 is 36.5. The van der Waals surface area contributed by atoms with Gasteiger partial charge in [0.1, 0.15) is 0 Å². The molecule has 0 aromatic heterocycles. The second kappa shape index (κ2) is 6.66. The molecule has 5 heteroatoms. The number of hydrogen-bond donors (Lipinski definition) is 1. The van der Waals surface area contributed by atoms with Crippen molar-refractivity contribution in [1.82, 2.24) is 5.32 Å². The molecule has 1 aromatic carbocycles. The Hall–Kier alpha value is -0.680. The highest BCUT2D eigenvalue weighted by Crippen LogP contribution is 2.36. The second-order valence-electron chi connectivity index (χ2n) is 5.31. The molecular formula is C14H20F3NS. The third-order valence-corrected chi connectivity index (χ3v) is 3.79. The lowest BCUT2D eigenvalue weighted by atomic mass is 9.90. The molecule has 19 heavy (non-hydrogen) atoms. The van der Waals surface area contributed by atoms with Gasteiger partial charge in [0.15, 0.2) is 0 Å². The van der Waals surface area contributed by atoms with E-state index >= 15 is 0 Å². The first kappa shape index (κ1) is 16.4. The Morgan fingerprint density at radius 3 is 2.16 bits per heavy atom. The van der Waals surface area contributed by atoms with Gasteiger partial charge in [-0.2, -0.15) is 13.2 Å². The Bertz CT molecular complexity index is 385. The molecule has 1 rings (SSSR count). The van der Waals surface area contributed by atoms with Crippen LogP contribution in [0.25, 0.3) is 0 Å². The molecule has 108 valence electrons. The number of rotatable bonds is 6. The molecule has 1 aromatic rings. The summed E-state index contributed by atoms with van der Waals surface area (Å²) in [5, 5.41) is 3.33. The van der Waals surface area contributed by atoms with Crippen LogP contribution in [0, 0.1) is 5.41 Å². The first-order valence-electron chi connectivity index (χ1n) is 6.27. The van der Waals surface area contributed by atoms with E-state index in [-0.39, 0.29) is 22.1 Å². The van der Waals surface area contributed by atoms with Crippen LogP contribution in [0.15, 0.2) is 29.2 Å². The molecule has 0 heterocycles. The van der Waals surface area contributed by atoms with E-state index in [9.17, 15) is 13.2 Å². The van der Waals surface area contributed by atoms with Crippen molar-refractivity contribution in [3.63, 3.8) is 0 Å². The van der Waals surface area contributed by atoms with Crippen molar-refractivity contribution in [2.45, 2.75) is 44.1 Å². The summed E-state index contributed by atoms with van der Waals surface area (Å²) in [7, 11) is 0. The minimum atomic E-state index is -4.22. The van der Waals surface area contributed by atoms with Crippen molar-refractivity contribution in [3.8, 4) is 0 Å². The van der Waals surface area contributed by atoms with E-state index < -0.39 is 5.51 Å². The van der Waals surface area contributed by atoms with Crippen LogP contribution in [0.2, 0.25) is 0 Å². The molecule has 1 nitrogen and oxygen atoms in total. The largest absolute Gasteiger partial charge is 0.446 e. The van der Waals surface area contributed by atoms with Crippen molar-refractivity contribution in [1.29, 1.82) is 0 Å². The lowest BCUT2D eigenvalue weighted by Crippen LogP contribution is -2.28. The summed E-state index contributed by atoms with van der Waals surface area (Å²) in [6.45, 7) is 8.08. The van der Waals surface area contributed by atoms with Gasteiger partial charge < -0.3 is 5.32 Å². The lowest BCUT2D eigenvalue weighted by Gasteiger charge is -2.23. The fourth-order valence-corrected chi connectivity index (χ4v) is 2.02. The summed E-state index contributed by atoms with van der Waals surface area (Å²) in [6, 6.07) is 6.50. The fourth-order valence-electron chi connectivity index (χ4n) is 1.48. The lowest BCUT2D eigenvalue weighted by molar-refractivity contribution is -0.0328. The van der Waals surface area contributed by atoms with Gasteiger partial charge in [-0.25, -0.2) is 0 Å². The Kier molecular flexibility index (Phi) is 5.74. The Morgan fingerprint density at radius 2 is 1.68 bits per heavy atom. The minimum Gasteiger partial charge on any atom is -0.312 e. The molecular weight excluding hydrogens is 271 g/mol. The zero-order valence-corrected chi connectivity index (χ0v) is 12.3. The van der Waals surface area contributed by atoms with Crippen LogP contribution in [0.4, 0.5) is 13.2 Å². The van der Waals surface area contributed by atoms with Gasteiger partial charge in [-0.1, -0.05) is 32.9 Å². The highest BCUT2D eigenvalue weighted by molar-refractivity contribution is 8.00. The molecule has 0 aliphatic heterocycles. The Morgan fingerprint density at radius 1 is 1.11 bits per heavy atom. The van der Waals surface area contributed by atoms with Crippen LogP contribution >= 0.6 is 11.8 Å². The third kappa shape index (κ3) is 6.87. The maximum Gasteiger partial charge on any atom is 0.446 e. The number of hydrogen-bond acceptors (Lipinski definition) is 2. The first-order chi connectivity index (χ1) is 8.72. The van der Waals surface area contributed by atoms with Gasteiger partial charge in [-0.05, 0) is 41.3 Å². The van der Waals surface area contributed by atoms with E-state index in [2.05, 4.69) is 26.1 Å². The van der Waals surface area contributed by atoms with Gasteiger partial charge in [-0.3, -0.25) is 0 Å². The van der Waals surface area contributed by atoms with Crippen LogP contribution in [-0.4, -0.2) is 12.1 Å². The highest BCUT2D eigenvalue weighted by Gasteiger charge is 2.28. The van der Waals surface area contributed by atoms with E-state index in [1.165, 1.54) is 12.1 Å². The molecule has 0 aliphatic carbocycles. The van der Waals surface area contributed by atoms with E-state index in [1.54, 1.807) is 12.1 Å². The van der Waals surface area contributed by atoms with Gasteiger partial charge in [0.2, 0.25) is 0 Å². The Balaban J connectivity index is 2.45. The Labute approximate surface area is 117 Å². The third-order valence-electron chi connectivity index (χ3n) is 3.05. The monoisotopic (exact) mass is 291 g/mol. The first-order valence-corrected chi connectivity index (χ1v) is 7.09. The van der Waals surface area contributed by atoms with Crippen LogP contribution < -0.4 is 5.32 Å². The minimum absolute atomic E-state index is 0.0792. The van der Waals surface area contributed by atoms with Crippen LogP contribution in [-0.2, 0) is 6.54 Å². The smallest absolute Gasteiger partial charge is 0.312 e. The van der Waals surface area contributed by atoms with E-state index in [0.29, 0.717) is 6.54 Å². The van der Waals surface area contributed by atoms with Gasteiger partial charge in [0.25, 0.3) is 0 Å². The zero-order valence-electron chi connectivity index (χ0n) is 11.5. The second-order valence-corrected chi connectivity index (χ2v) is 6.45. The SMILES string of the molecule is CCC(C)(C)CNCc1ccc(SC(F)(F)F)cc1. The fraction of sp³-hybridized carbons (Fsp3) is 0.571. The number of nitrogens with one attached hydrogen (secondary N) is 1. The number of alkyl halides is 3. The average molecular weight is 291 g/mol. The van der Waals surface area contributed by atoms with Crippen LogP contribution in [0.1, 0.15) is 32.8 Å². The topological polar surface area (TPSA) is 12.0 Å². The van der Waals surface area contributed by atoms with Gasteiger partial charge in [-0.15, -0.1) is 0 Å². The normalized spacial score (nSPS) is 12.7. The zero-order chi connectivity index (χ0) is 14.5. The van der Waals surface area contributed by atoms with Crippen molar-refractivity contribution in [2.24, 2.45) is 5.41 Å². The molecule has 1 N–H and O–H groups in total. The average Bonchev–Trinajstić information content (AvgIpc) is 2.29. The summed E-state index contributed by atoms with van der Waals surface area (Å²) in [6.07, 6.45) is 1.08. The number of thioether (sulfide) groups is 1. The molecule has 0 fully saturated rings. The van der Waals surface area contributed by atoms with Crippen molar-refractivity contribution >= 4 is 11.8 Å². The molecule has 0 saturated heterocycles. The van der Waals surface area contributed by atoms with Crippen molar-refractivity contribution < 1.29 is 13.2 Å². The van der Waals surface area contributed by atoms with E-state index in [0.717, 1.165) is 18.5 Å².